The zero-order chi connectivity index (χ0) is 25.4. The van der Waals surface area contributed by atoms with Crippen molar-refractivity contribution in [2.75, 3.05) is 21.3 Å². The number of likely N-dealkylation sites (N-methyl/N-ethyl adjacent to an activating group) is 1. The normalized spacial score (nSPS) is 13.1. The maximum absolute atomic E-state index is 13.2. The van der Waals surface area contributed by atoms with E-state index in [4.69, 9.17) is 9.47 Å². The average Bonchev–Trinajstić information content (AvgIpc) is 2.88. The number of halogens is 3. The SMILES string of the molecule is CNC(=O)C(NC(CCc1cccc(C(F)(F)F)c1)c1ccc(OC)c(OC)c1)c1ccccc1. The van der Waals surface area contributed by atoms with Gasteiger partial charge in [-0.15, -0.1) is 0 Å². The van der Waals surface area contributed by atoms with E-state index in [1.165, 1.54) is 26.4 Å². The van der Waals surface area contributed by atoms with E-state index in [9.17, 15) is 18.0 Å². The van der Waals surface area contributed by atoms with Crippen LogP contribution in [-0.4, -0.2) is 27.2 Å². The number of hydrogen-bond donors (Lipinski definition) is 2. The molecule has 2 unspecified atom stereocenters. The first kappa shape index (κ1) is 26.1. The van der Waals surface area contributed by atoms with Crippen molar-refractivity contribution < 1.29 is 27.4 Å². The number of aryl methyl sites for hydroxylation is 1. The van der Waals surface area contributed by atoms with E-state index in [2.05, 4.69) is 10.6 Å². The summed E-state index contributed by atoms with van der Waals surface area (Å²) in [4.78, 5) is 12.8. The van der Waals surface area contributed by atoms with Crippen LogP contribution in [0.4, 0.5) is 13.2 Å². The minimum Gasteiger partial charge on any atom is -0.493 e. The molecule has 8 heteroatoms. The van der Waals surface area contributed by atoms with Crippen LogP contribution in [0.2, 0.25) is 0 Å². The van der Waals surface area contributed by atoms with Crippen molar-refractivity contribution in [3.05, 3.63) is 95.1 Å². The Morgan fingerprint density at radius 2 is 1.60 bits per heavy atom. The third kappa shape index (κ3) is 6.76. The molecule has 0 aliphatic carbocycles. The quantitative estimate of drug-likeness (QED) is 0.399. The number of rotatable bonds is 10. The number of carbonyl (C=O) groups excluding carboxylic acids is 1. The van der Waals surface area contributed by atoms with Gasteiger partial charge in [-0.1, -0.05) is 54.6 Å². The minimum atomic E-state index is -4.41. The highest BCUT2D eigenvalue weighted by atomic mass is 19.4. The number of benzene rings is 3. The third-order valence-corrected chi connectivity index (χ3v) is 5.80. The predicted octanol–water partition coefficient (Wildman–Crippen LogP) is 5.47. The Bertz CT molecular complexity index is 1120. The van der Waals surface area contributed by atoms with Gasteiger partial charge in [-0.2, -0.15) is 13.2 Å². The highest BCUT2D eigenvalue weighted by molar-refractivity contribution is 5.83. The number of hydrogen-bond acceptors (Lipinski definition) is 4. The van der Waals surface area contributed by atoms with Crippen LogP contribution in [0.1, 0.15) is 40.8 Å². The summed E-state index contributed by atoms with van der Waals surface area (Å²) in [5.74, 6) is 0.853. The lowest BCUT2D eigenvalue weighted by atomic mass is 9.95. The molecule has 0 heterocycles. The van der Waals surface area contributed by atoms with Crippen LogP contribution in [-0.2, 0) is 17.4 Å². The summed E-state index contributed by atoms with van der Waals surface area (Å²) >= 11 is 0. The molecule has 0 fully saturated rings. The summed E-state index contributed by atoms with van der Waals surface area (Å²) in [6.07, 6.45) is -3.60. The van der Waals surface area contributed by atoms with Crippen molar-refractivity contribution in [2.24, 2.45) is 0 Å². The van der Waals surface area contributed by atoms with Crippen molar-refractivity contribution in [1.82, 2.24) is 10.6 Å². The molecule has 0 aliphatic rings. The van der Waals surface area contributed by atoms with Crippen molar-refractivity contribution in [3.63, 3.8) is 0 Å². The summed E-state index contributed by atoms with van der Waals surface area (Å²) in [7, 11) is 4.63. The smallest absolute Gasteiger partial charge is 0.416 e. The van der Waals surface area contributed by atoms with Crippen LogP contribution in [0, 0.1) is 0 Å². The van der Waals surface area contributed by atoms with Gasteiger partial charge in [-0.3, -0.25) is 10.1 Å². The van der Waals surface area contributed by atoms with Gasteiger partial charge in [0.15, 0.2) is 11.5 Å². The molecule has 0 aromatic heterocycles. The maximum Gasteiger partial charge on any atom is 0.416 e. The van der Waals surface area contributed by atoms with Crippen LogP contribution in [0.15, 0.2) is 72.8 Å². The number of methoxy groups -OCH3 is 2. The molecule has 0 spiro atoms. The second kappa shape index (κ2) is 11.8. The molecule has 3 aromatic rings. The first-order valence-electron chi connectivity index (χ1n) is 11.2. The highest BCUT2D eigenvalue weighted by Gasteiger charge is 2.30. The van der Waals surface area contributed by atoms with E-state index in [1.807, 2.05) is 42.5 Å². The van der Waals surface area contributed by atoms with E-state index in [0.717, 1.165) is 17.2 Å². The van der Waals surface area contributed by atoms with Crippen LogP contribution >= 0.6 is 0 Å². The fourth-order valence-corrected chi connectivity index (χ4v) is 3.94. The van der Waals surface area contributed by atoms with Crippen LogP contribution in [0.5, 0.6) is 11.5 Å². The Hall–Kier alpha value is -3.52. The molecule has 0 radical (unpaired) electrons. The van der Waals surface area contributed by atoms with Gasteiger partial charge in [0.05, 0.1) is 19.8 Å². The highest BCUT2D eigenvalue weighted by Crippen LogP contribution is 2.34. The van der Waals surface area contributed by atoms with Crippen molar-refractivity contribution in [2.45, 2.75) is 31.1 Å². The van der Waals surface area contributed by atoms with E-state index >= 15 is 0 Å². The Morgan fingerprint density at radius 3 is 2.23 bits per heavy atom. The average molecular weight is 487 g/mol. The van der Waals surface area contributed by atoms with Gasteiger partial charge < -0.3 is 14.8 Å². The number of alkyl halides is 3. The molecule has 3 rings (SSSR count). The zero-order valence-corrected chi connectivity index (χ0v) is 19.9. The summed E-state index contributed by atoms with van der Waals surface area (Å²) < 4.78 is 50.4. The van der Waals surface area contributed by atoms with Gasteiger partial charge in [0.1, 0.15) is 6.04 Å². The van der Waals surface area contributed by atoms with E-state index in [0.29, 0.717) is 29.9 Å². The molecule has 2 atom stereocenters. The largest absolute Gasteiger partial charge is 0.493 e. The summed E-state index contributed by atoms with van der Waals surface area (Å²) in [6.45, 7) is 0. The first-order chi connectivity index (χ1) is 16.8. The molecule has 0 saturated heterocycles. The molecular formula is C27H29F3N2O3. The van der Waals surface area contributed by atoms with E-state index < -0.39 is 17.8 Å². The molecule has 0 bridgehead atoms. The number of nitrogens with one attached hydrogen (secondary N) is 2. The lowest BCUT2D eigenvalue weighted by Gasteiger charge is -2.26. The molecule has 5 nitrogen and oxygen atoms in total. The summed E-state index contributed by atoms with van der Waals surface area (Å²) in [6, 6.07) is 19.0. The topological polar surface area (TPSA) is 59.6 Å². The molecule has 3 aromatic carbocycles. The fraction of sp³-hybridized carbons (Fsp3) is 0.296. The molecule has 1 amide bonds. The standard InChI is InChI=1S/C27H29F3N2O3/c1-31-26(33)25(19-9-5-4-6-10-19)32-22(20-13-15-23(34-2)24(17-20)35-3)14-12-18-8-7-11-21(16-18)27(28,29)30/h4-11,13,15-17,22,25,32H,12,14H2,1-3H3,(H,31,33). The predicted molar refractivity (Wildman–Crippen MR) is 128 cm³/mol. The fourth-order valence-electron chi connectivity index (χ4n) is 3.94. The molecule has 0 saturated carbocycles. The van der Waals surface area contributed by atoms with E-state index in [1.54, 1.807) is 19.2 Å². The second-order valence-electron chi connectivity index (χ2n) is 8.03. The first-order valence-corrected chi connectivity index (χ1v) is 11.2. The lowest BCUT2D eigenvalue weighted by Crippen LogP contribution is -2.38. The van der Waals surface area contributed by atoms with Crippen LogP contribution in [0.3, 0.4) is 0 Å². The monoisotopic (exact) mass is 486 g/mol. The Kier molecular flexibility index (Phi) is 8.76. The molecule has 2 N–H and O–H groups in total. The van der Waals surface area contributed by atoms with Crippen molar-refractivity contribution in [3.8, 4) is 11.5 Å². The van der Waals surface area contributed by atoms with E-state index in [-0.39, 0.29) is 11.9 Å². The van der Waals surface area contributed by atoms with Crippen LogP contribution in [0.25, 0.3) is 0 Å². The second-order valence-corrected chi connectivity index (χ2v) is 8.03. The molecule has 186 valence electrons. The van der Waals surface area contributed by atoms with Crippen LogP contribution < -0.4 is 20.1 Å². The van der Waals surface area contributed by atoms with Crippen molar-refractivity contribution in [1.29, 1.82) is 0 Å². The lowest BCUT2D eigenvalue weighted by molar-refractivity contribution is -0.137. The molecule has 0 aliphatic heterocycles. The number of amides is 1. The van der Waals surface area contributed by atoms with Gasteiger partial charge >= 0.3 is 6.18 Å². The van der Waals surface area contributed by atoms with Gasteiger partial charge in [0.2, 0.25) is 5.91 Å². The Morgan fingerprint density at radius 1 is 0.886 bits per heavy atom. The molecule has 35 heavy (non-hydrogen) atoms. The zero-order valence-electron chi connectivity index (χ0n) is 19.9. The summed E-state index contributed by atoms with van der Waals surface area (Å²) in [5, 5.41) is 6.10. The Balaban J connectivity index is 1.95. The third-order valence-electron chi connectivity index (χ3n) is 5.80. The van der Waals surface area contributed by atoms with Gasteiger partial charge in [-0.05, 0) is 47.7 Å². The van der Waals surface area contributed by atoms with Crippen molar-refractivity contribution >= 4 is 5.91 Å². The molecular weight excluding hydrogens is 457 g/mol. The van der Waals surface area contributed by atoms with Gasteiger partial charge in [-0.25, -0.2) is 0 Å². The number of carbonyl (C=O) groups is 1. The summed E-state index contributed by atoms with van der Waals surface area (Å²) in [5.41, 5.74) is 1.47. The Labute approximate surface area is 203 Å². The minimum absolute atomic E-state index is 0.222. The van der Waals surface area contributed by atoms with Gasteiger partial charge in [0.25, 0.3) is 0 Å². The van der Waals surface area contributed by atoms with Gasteiger partial charge in [0, 0.05) is 13.1 Å². The maximum atomic E-state index is 13.2. The number of ether oxygens (including phenoxy) is 2.